The average Bonchev–Trinajstić information content (AvgIpc) is 2.24. The van der Waals surface area contributed by atoms with Crippen LogP contribution in [0.4, 0.5) is 5.69 Å². The highest BCUT2D eigenvalue weighted by atomic mass is 16.6. The van der Waals surface area contributed by atoms with Gasteiger partial charge >= 0.3 is 0 Å². The first kappa shape index (κ1) is 15.1. The van der Waals surface area contributed by atoms with Crippen molar-refractivity contribution in [2.75, 3.05) is 7.11 Å². The summed E-state index contributed by atoms with van der Waals surface area (Å²) in [5.74, 6) is 0. The molecule has 0 aliphatic heterocycles. The van der Waals surface area contributed by atoms with Crippen molar-refractivity contribution in [2.45, 2.75) is 20.8 Å². The van der Waals surface area contributed by atoms with Crippen molar-refractivity contribution in [3.8, 4) is 0 Å². The molecule has 0 bridgehead atoms. The first-order valence-electron chi connectivity index (χ1n) is 4.36. The molecule has 1 aromatic rings. The predicted molar refractivity (Wildman–Crippen MR) is 57.3 cm³/mol. The molecule has 0 heterocycles. The largest absolute Gasteiger partial charge is 0.400 e. The molecule has 14 heavy (non-hydrogen) atoms. The van der Waals surface area contributed by atoms with Gasteiger partial charge in [-0.2, -0.15) is 0 Å². The molecular weight excluding hydrogens is 182 g/mol. The van der Waals surface area contributed by atoms with Crippen LogP contribution in [0, 0.1) is 17.0 Å². The van der Waals surface area contributed by atoms with E-state index in [1.165, 1.54) is 12.1 Å². The lowest BCUT2D eigenvalue weighted by Gasteiger charge is -1.90. The Bertz CT molecular complexity index is 244. The van der Waals surface area contributed by atoms with Gasteiger partial charge in [0.05, 0.1) is 4.92 Å². The van der Waals surface area contributed by atoms with E-state index in [9.17, 15) is 10.1 Å². The smallest absolute Gasteiger partial charge is 0.269 e. The zero-order valence-electron chi connectivity index (χ0n) is 9.02. The lowest BCUT2D eigenvalue weighted by atomic mass is 10.2. The Hall–Kier alpha value is -1.42. The van der Waals surface area contributed by atoms with Crippen molar-refractivity contribution in [3.05, 3.63) is 39.9 Å². The number of rotatable bonds is 1. The molecule has 4 nitrogen and oxygen atoms in total. The second kappa shape index (κ2) is 9.67. The Labute approximate surface area is 84.4 Å². The van der Waals surface area contributed by atoms with Gasteiger partial charge in [-0.25, -0.2) is 0 Å². The molecule has 0 fully saturated rings. The Morgan fingerprint density at radius 1 is 1.14 bits per heavy atom. The molecule has 0 atom stereocenters. The van der Waals surface area contributed by atoms with Gasteiger partial charge in [-0.05, 0) is 6.92 Å². The summed E-state index contributed by atoms with van der Waals surface area (Å²) in [4.78, 5) is 9.71. The molecule has 0 spiro atoms. The maximum atomic E-state index is 10.1. The molecule has 0 unspecified atom stereocenters. The average molecular weight is 199 g/mol. The number of nitro groups is 1. The highest BCUT2D eigenvalue weighted by Gasteiger charge is 2.00. The summed E-state index contributed by atoms with van der Waals surface area (Å²) in [7, 11) is 1.00. The molecule has 0 aromatic heterocycles. The molecule has 0 aliphatic rings. The Balaban J connectivity index is 0. The van der Waals surface area contributed by atoms with Gasteiger partial charge < -0.3 is 5.11 Å². The molecule has 80 valence electrons. The Morgan fingerprint density at radius 3 is 1.79 bits per heavy atom. The maximum absolute atomic E-state index is 10.1. The lowest BCUT2D eigenvalue weighted by molar-refractivity contribution is -0.384. The van der Waals surface area contributed by atoms with Gasteiger partial charge in [0.1, 0.15) is 0 Å². The quantitative estimate of drug-likeness (QED) is 0.558. The van der Waals surface area contributed by atoms with Crippen LogP contribution in [0.5, 0.6) is 0 Å². The zero-order chi connectivity index (χ0) is 11.6. The fourth-order valence-electron chi connectivity index (χ4n) is 0.666. The number of non-ortho nitro benzene ring substituents is 1. The fraction of sp³-hybridized carbons (Fsp3) is 0.400. The lowest BCUT2D eigenvalue weighted by Crippen LogP contribution is -1.86. The summed E-state index contributed by atoms with van der Waals surface area (Å²) < 4.78 is 0. The monoisotopic (exact) mass is 199 g/mol. The molecule has 1 rings (SSSR count). The molecule has 4 heteroatoms. The van der Waals surface area contributed by atoms with Gasteiger partial charge in [0.2, 0.25) is 0 Å². The summed E-state index contributed by atoms with van der Waals surface area (Å²) in [6.07, 6.45) is 0. The SMILES string of the molecule is CC.CO.Cc1ccc([N+](=O)[O-])cc1. The number of aliphatic hydroxyl groups excluding tert-OH is 1. The van der Waals surface area contributed by atoms with E-state index in [4.69, 9.17) is 5.11 Å². The summed E-state index contributed by atoms with van der Waals surface area (Å²) in [5.41, 5.74) is 1.18. The third-order valence-electron chi connectivity index (χ3n) is 1.24. The van der Waals surface area contributed by atoms with Gasteiger partial charge in [0.25, 0.3) is 5.69 Å². The van der Waals surface area contributed by atoms with Crippen LogP contribution in [-0.4, -0.2) is 17.1 Å². The third-order valence-corrected chi connectivity index (χ3v) is 1.24. The molecular formula is C10H17NO3. The van der Waals surface area contributed by atoms with E-state index in [1.54, 1.807) is 12.1 Å². The van der Waals surface area contributed by atoms with Crippen LogP contribution in [0.25, 0.3) is 0 Å². The van der Waals surface area contributed by atoms with Crippen LogP contribution in [0.2, 0.25) is 0 Å². The third kappa shape index (κ3) is 6.14. The summed E-state index contributed by atoms with van der Waals surface area (Å²) >= 11 is 0. The van der Waals surface area contributed by atoms with E-state index in [0.29, 0.717) is 0 Å². The van der Waals surface area contributed by atoms with Crippen LogP contribution < -0.4 is 0 Å². The number of hydrogen-bond donors (Lipinski definition) is 1. The minimum Gasteiger partial charge on any atom is -0.400 e. The second-order valence-corrected chi connectivity index (χ2v) is 2.09. The first-order valence-corrected chi connectivity index (χ1v) is 4.36. The van der Waals surface area contributed by atoms with Crippen LogP contribution in [0.3, 0.4) is 0 Å². The maximum Gasteiger partial charge on any atom is 0.269 e. The molecule has 1 aromatic carbocycles. The number of nitro benzene ring substituents is 1. The van der Waals surface area contributed by atoms with E-state index in [2.05, 4.69) is 0 Å². The molecule has 0 saturated carbocycles. The van der Waals surface area contributed by atoms with Crippen LogP contribution in [0.1, 0.15) is 19.4 Å². The number of nitrogens with zero attached hydrogens (tertiary/aromatic N) is 1. The molecule has 0 aliphatic carbocycles. The highest BCUT2D eigenvalue weighted by Crippen LogP contribution is 2.10. The van der Waals surface area contributed by atoms with E-state index in [1.807, 2.05) is 20.8 Å². The van der Waals surface area contributed by atoms with Crippen molar-refractivity contribution in [2.24, 2.45) is 0 Å². The summed E-state index contributed by atoms with van der Waals surface area (Å²) in [6.45, 7) is 5.89. The minimum absolute atomic E-state index is 0.144. The van der Waals surface area contributed by atoms with Gasteiger partial charge in [-0.15, -0.1) is 0 Å². The van der Waals surface area contributed by atoms with Gasteiger partial charge in [0.15, 0.2) is 0 Å². The standard InChI is InChI=1S/C7H7NO2.C2H6.CH4O/c1-6-2-4-7(5-3-6)8(9)10;2*1-2/h2-5H,1H3;1-2H3;2H,1H3. The first-order chi connectivity index (χ1) is 6.70. The van der Waals surface area contributed by atoms with Crippen molar-refractivity contribution in [3.63, 3.8) is 0 Å². The number of benzene rings is 1. The number of aryl methyl sites for hydroxylation is 1. The van der Waals surface area contributed by atoms with Crippen LogP contribution in [-0.2, 0) is 0 Å². The van der Waals surface area contributed by atoms with Crippen LogP contribution >= 0.6 is 0 Å². The highest BCUT2D eigenvalue weighted by molar-refractivity contribution is 5.31. The summed E-state index contributed by atoms with van der Waals surface area (Å²) in [5, 5.41) is 17.1. The Kier molecular flexibility index (Phi) is 10.4. The van der Waals surface area contributed by atoms with Crippen molar-refractivity contribution in [1.29, 1.82) is 0 Å². The zero-order valence-corrected chi connectivity index (χ0v) is 9.02. The van der Waals surface area contributed by atoms with Crippen molar-refractivity contribution >= 4 is 5.69 Å². The minimum atomic E-state index is -0.403. The molecule has 0 radical (unpaired) electrons. The van der Waals surface area contributed by atoms with E-state index < -0.39 is 4.92 Å². The molecule has 1 N–H and O–H groups in total. The van der Waals surface area contributed by atoms with Gasteiger partial charge in [-0.3, -0.25) is 10.1 Å². The Morgan fingerprint density at radius 2 is 1.50 bits per heavy atom. The number of hydrogen-bond acceptors (Lipinski definition) is 3. The van der Waals surface area contributed by atoms with E-state index >= 15 is 0 Å². The number of aliphatic hydroxyl groups is 1. The fourth-order valence-corrected chi connectivity index (χ4v) is 0.666. The normalized spacial score (nSPS) is 7.50. The second-order valence-electron chi connectivity index (χ2n) is 2.09. The van der Waals surface area contributed by atoms with Crippen LogP contribution in [0.15, 0.2) is 24.3 Å². The topological polar surface area (TPSA) is 63.4 Å². The van der Waals surface area contributed by atoms with Gasteiger partial charge in [-0.1, -0.05) is 31.5 Å². The summed E-state index contributed by atoms with van der Waals surface area (Å²) in [6, 6.07) is 6.43. The molecule has 0 amide bonds. The van der Waals surface area contributed by atoms with Crippen molar-refractivity contribution < 1.29 is 10.0 Å². The predicted octanol–water partition coefficient (Wildman–Crippen LogP) is 2.54. The van der Waals surface area contributed by atoms with E-state index in [0.717, 1.165) is 12.7 Å². The molecule has 0 saturated heterocycles. The van der Waals surface area contributed by atoms with Gasteiger partial charge in [0, 0.05) is 19.2 Å². The van der Waals surface area contributed by atoms with E-state index in [-0.39, 0.29) is 5.69 Å². The van der Waals surface area contributed by atoms with Crippen molar-refractivity contribution in [1.82, 2.24) is 0 Å².